The molecule has 1 aromatic carbocycles. The molecule has 0 spiro atoms. The van der Waals surface area contributed by atoms with Crippen LogP contribution < -0.4 is 0 Å². The van der Waals surface area contributed by atoms with Crippen molar-refractivity contribution in [2.24, 2.45) is 7.05 Å². The first kappa shape index (κ1) is 20.4. The highest BCUT2D eigenvalue weighted by Gasteiger charge is 2.27. The lowest BCUT2D eigenvalue weighted by Crippen LogP contribution is -2.36. The molecule has 6 nitrogen and oxygen atoms in total. The van der Waals surface area contributed by atoms with E-state index in [9.17, 15) is 14.4 Å². The zero-order valence-corrected chi connectivity index (χ0v) is 16.5. The number of aromatic nitrogens is 1. The molecule has 0 saturated heterocycles. The smallest absolute Gasteiger partial charge is 0.354 e. The van der Waals surface area contributed by atoms with Crippen molar-refractivity contribution in [1.82, 2.24) is 9.47 Å². The van der Waals surface area contributed by atoms with Crippen molar-refractivity contribution in [1.29, 1.82) is 0 Å². The SMILES string of the molecule is CCCN(CC(=O)c1c(C)c(C(=O)OC)n(C)c1C)C(=O)c1ccccc1. The van der Waals surface area contributed by atoms with Crippen LogP contribution in [0.3, 0.4) is 0 Å². The van der Waals surface area contributed by atoms with Crippen LogP contribution in [0.25, 0.3) is 0 Å². The Kier molecular flexibility index (Phi) is 6.55. The minimum absolute atomic E-state index is 0.0339. The third-order valence-corrected chi connectivity index (χ3v) is 4.72. The van der Waals surface area contributed by atoms with Gasteiger partial charge in [-0.25, -0.2) is 4.79 Å². The van der Waals surface area contributed by atoms with E-state index in [0.717, 1.165) is 6.42 Å². The molecule has 0 saturated carbocycles. The van der Waals surface area contributed by atoms with Crippen LogP contribution in [0.5, 0.6) is 0 Å². The molecule has 0 aliphatic rings. The highest BCUT2D eigenvalue weighted by molar-refractivity contribution is 6.06. The summed E-state index contributed by atoms with van der Waals surface area (Å²) in [6, 6.07) is 8.92. The molecule has 0 aliphatic heterocycles. The second kappa shape index (κ2) is 8.66. The van der Waals surface area contributed by atoms with E-state index in [1.807, 2.05) is 13.0 Å². The summed E-state index contributed by atoms with van der Waals surface area (Å²) in [4.78, 5) is 39.4. The van der Waals surface area contributed by atoms with Gasteiger partial charge in [0.2, 0.25) is 0 Å². The number of ether oxygens (including phenoxy) is 1. The first-order chi connectivity index (χ1) is 12.8. The first-order valence-corrected chi connectivity index (χ1v) is 8.95. The number of Topliss-reactive ketones (excluding diaryl/α,β-unsaturated/α-hetero) is 1. The largest absolute Gasteiger partial charge is 0.464 e. The molecule has 0 radical (unpaired) electrons. The van der Waals surface area contributed by atoms with Gasteiger partial charge in [0.15, 0.2) is 5.78 Å². The van der Waals surface area contributed by atoms with Crippen molar-refractivity contribution in [2.75, 3.05) is 20.2 Å². The number of ketones is 1. The van der Waals surface area contributed by atoms with E-state index in [1.54, 1.807) is 54.6 Å². The molecular formula is C21H26N2O4. The van der Waals surface area contributed by atoms with Crippen molar-refractivity contribution in [3.05, 3.63) is 58.4 Å². The van der Waals surface area contributed by atoms with Gasteiger partial charge in [0, 0.05) is 30.4 Å². The Bertz CT molecular complexity index is 853. The van der Waals surface area contributed by atoms with Gasteiger partial charge >= 0.3 is 5.97 Å². The predicted molar refractivity (Wildman–Crippen MR) is 103 cm³/mol. The molecule has 2 rings (SSSR count). The standard InChI is InChI=1S/C21H26N2O4/c1-6-12-23(20(25)16-10-8-7-9-11-16)13-17(24)18-14(2)19(21(26)27-5)22(4)15(18)3/h7-11H,6,12-13H2,1-5H3. The fourth-order valence-corrected chi connectivity index (χ4v) is 3.31. The number of methoxy groups -OCH3 is 1. The van der Waals surface area contributed by atoms with Gasteiger partial charge in [-0.05, 0) is 38.0 Å². The maximum absolute atomic E-state index is 13.0. The van der Waals surface area contributed by atoms with Gasteiger partial charge in [-0.15, -0.1) is 0 Å². The molecule has 1 amide bonds. The van der Waals surface area contributed by atoms with Gasteiger partial charge in [0.25, 0.3) is 5.91 Å². The van der Waals surface area contributed by atoms with Gasteiger partial charge in [-0.2, -0.15) is 0 Å². The Labute approximate surface area is 159 Å². The molecule has 1 aromatic heterocycles. The number of amides is 1. The number of hydrogen-bond acceptors (Lipinski definition) is 4. The number of hydrogen-bond donors (Lipinski definition) is 0. The van der Waals surface area contributed by atoms with E-state index < -0.39 is 5.97 Å². The molecule has 6 heteroatoms. The highest BCUT2D eigenvalue weighted by atomic mass is 16.5. The van der Waals surface area contributed by atoms with Crippen LogP contribution in [0.15, 0.2) is 30.3 Å². The minimum Gasteiger partial charge on any atom is -0.464 e. The third-order valence-electron chi connectivity index (χ3n) is 4.72. The quantitative estimate of drug-likeness (QED) is 0.555. The summed E-state index contributed by atoms with van der Waals surface area (Å²) in [5, 5.41) is 0. The normalized spacial score (nSPS) is 10.6. The number of benzene rings is 1. The van der Waals surface area contributed by atoms with Gasteiger partial charge in [-0.1, -0.05) is 25.1 Å². The molecule has 0 unspecified atom stereocenters. The Hall–Kier alpha value is -2.89. The molecule has 0 atom stereocenters. The van der Waals surface area contributed by atoms with Crippen molar-refractivity contribution in [3.8, 4) is 0 Å². The Morgan fingerprint density at radius 3 is 2.30 bits per heavy atom. The fourth-order valence-electron chi connectivity index (χ4n) is 3.31. The number of esters is 1. The number of rotatable bonds is 7. The lowest BCUT2D eigenvalue weighted by molar-refractivity contribution is 0.0588. The van der Waals surface area contributed by atoms with Crippen LogP contribution in [0.1, 0.15) is 55.8 Å². The molecular weight excluding hydrogens is 344 g/mol. The molecule has 1 heterocycles. The van der Waals surface area contributed by atoms with Crippen LogP contribution in [0.4, 0.5) is 0 Å². The van der Waals surface area contributed by atoms with Crippen LogP contribution in [-0.4, -0.2) is 47.3 Å². The Balaban J connectivity index is 2.34. The lowest BCUT2D eigenvalue weighted by Gasteiger charge is -2.21. The van der Waals surface area contributed by atoms with Crippen LogP contribution in [0.2, 0.25) is 0 Å². The number of carbonyl (C=O) groups excluding carboxylic acids is 3. The minimum atomic E-state index is -0.483. The summed E-state index contributed by atoms with van der Waals surface area (Å²) in [5.41, 5.74) is 2.64. The summed E-state index contributed by atoms with van der Waals surface area (Å²) in [6.45, 7) is 5.93. The fraction of sp³-hybridized carbons (Fsp3) is 0.381. The Morgan fingerprint density at radius 1 is 1.11 bits per heavy atom. The van der Waals surface area contributed by atoms with Gasteiger partial charge in [0.1, 0.15) is 5.69 Å². The van der Waals surface area contributed by atoms with E-state index in [2.05, 4.69) is 0 Å². The molecule has 0 aliphatic carbocycles. The average molecular weight is 370 g/mol. The molecule has 0 bridgehead atoms. The summed E-state index contributed by atoms with van der Waals surface area (Å²) >= 11 is 0. The molecule has 2 aromatic rings. The summed E-state index contributed by atoms with van der Waals surface area (Å²) in [5.74, 6) is -0.846. The second-order valence-electron chi connectivity index (χ2n) is 6.50. The lowest BCUT2D eigenvalue weighted by atomic mass is 10.0. The summed E-state index contributed by atoms with van der Waals surface area (Å²) < 4.78 is 6.49. The summed E-state index contributed by atoms with van der Waals surface area (Å²) in [6.07, 6.45) is 0.742. The van der Waals surface area contributed by atoms with E-state index in [1.165, 1.54) is 7.11 Å². The van der Waals surface area contributed by atoms with Crippen molar-refractivity contribution in [2.45, 2.75) is 27.2 Å². The van der Waals surface area contributed by atoms with Gasteiger partial charge in [-0.3, -0.25) is 9.59 Å². The first-order valence-electron chi connectivity index (χ1n) is 8.95. The van der Waals surface area contributed by atoms with Crippen molar-refractivity contribution >= 4 is 17.7 Å². The number of carbonyl (C=O) groups is 3. The molecule has 0 fully saturated rings. The monoisotopic (exact) mass is 370 g/mol. The maximum atomic E-state index is 13.0. The highest BCUT2D eigenvalue weighted by Crippen LogP contribution is 2.23. The van der Waals surface area contributed by atoms with E-state index in [0.29, 0.717) is 34.6 Å². The predicted octanol–water partition coefficient (Wildman–Crippen LogP) is 3.16. The Morgan fingerprint density at radius 2 is 1.74 bits per heavy atom. The number of nitrogens with zero attached hydrogens (tertiary/aromatic N) is 2. The van der Waals surface area contributed by atoms with Crippen LogP contribution in [-0.2, 0) is 11.8 Å². The summed E-state index contributed by atoms with van der Waals surface area (Å²) in [7, 11) is 3.04. The van der Waals surface area contributed by atoms with E-state index in [-0.39, 0.29) is 18.2 Å². The zero-order chi connectivity index (χ0) is 20.1. The van der Waals surface area contributed by atoms with Crippen molar-refractivity contribution in [3.63, 3.8) is 0 Å². The van der Waals surface area contributed by atoms with Gasteiger partial charge in [0.05, 0.1) is 13.7 Å². The van der Waals surface area contributed by atoms with E-state index >= 15 is 0 Å². The average Bonchev–Trinajstić information content (AvgIpc) is 2.89. The maximum Gasteiger partial charge on any atom is 0.354 e. The van der Waals surface area contributed by atoms with E-state index in [4.69, 9.17) is 4.74 Å². The van der Waals surface area contributed by atoms with Gasteiger partial charge < -0.3 is 14.2 Å². The van der Waals surface area contributed by atoms with Crippen molar-refractivity contribution < 1.29 is 19.1 Å². The topological polar surface area (TPSA) is 68.6 Å². The molecule has 0 N–H and O–H groups in total. The zero-order valence-electron chi connectivity index (χ0n) is 16.5. The van der Waals surface area contributed by atoms with Crippen LogP contribution >= 0.6 is 0 Å². The second-order valence-corrected chi connectivity index (χ2v) is 6.50. The third kappa shape index (κ3) is 4.10. The van der Waals surface area contributed by atoms with Crippen LogP contribution in [0, 0.1) is 13.8 Å². The molecule has 27 heavy (non-hydrogen) atoms. The molecule has 144 valence electrons.